The van der Waals surface area contributed by atoms with Gasteiger partial charge in [-0.3, -0.25) is 4.79 Å². The van der Waals surface area contributed by atoms with Crippen LogP contribution in [0.2, 0.25) is 0 Å². The van der Waals surface area contributed by atoms with Crippen molar-refractivity contribution in [1.29, 1.82) is 0 Å². The van der Waals surface area contributed by atoms with Crippen LogP contribution >= 0.6 is 0 Å². The predicted molar refractivity (Wildman–Crippen MR) is 138 cm³/mol. The molecule has 198 valence electrons. The highest BCUT2D eigenvalue weighted by molar-refractivity contribution is 7.89. The number of aromatic nitrogens is 1. The first-order valence-corrected chi connectivity index (χ1v) is 13.8. The van der Waals surface area contributed by atoms with Crippen molar-refractivity contribution in [3.05, 3.63) is 66.0 Å². The third-order valence-corrected chi connectivity index (χ3v) is 8.15. The van der Waals surface area contributed by atoms with Gasteiger partial charge in [-0.05, 0) is 74.6 Å². The van der Waals surface area contributed by atoms with Crippen LogP contribution in [0.1, 0.15) is 44.2 Å². The molecule has 0 saturated heterocycles. The maximum Gasteiger partial charge on any atom is 0.240 e. The number of fused-ring (bicyclic) bond motifs is 1. The van der Waals surface area contributed by atoms with Crippen molar-refractivity contribution in [2.45, 2.75) is 49.6 Å². The molecule has 3 aromatic rings. The van der Waals surface area contributed by atoms with Gasteiger partial charge in [-0.2, -0.15) is 0 Å². The maximum absolute atomic E-state index is 13.2. The van der Waals surface area contributed by atoms with Gasteiger partial charge in [-0.15, -0.1) is 0 Å². The van der Waals surface area contributed by atoms with Crippen LogP contribution in [-0.2, 0) is 19.6 Å². The predicted octanol–water partition coefficient (Wildman–Crippen LogP) is 4.11. The van der Waals surface area contributed by atoms with Crippen molar-refractivity contribution >= 4 is 26.8 Å². The van der Waals surface area contributed by atoms with E-state index in [0.29, 0.717) is 55.7 Å². The summed E-state index contributed by atoms with van der Waals surface area (Å²) >= 11 is 0. The quantitative estimate of drug-likeness (QED) is 0.383. The van der Waals surface area contributed by atoms with E-state index in [4.69, 9.17) is 9.47 Å². The summed E-state index contributed by atoms with van der Waals surface area (Å²) in [5, 5.41) is 3.68. The number of rotatable bonds is 10. The number of ether oxygens (including phenoxy) is 2. The second-order valence-electron chi connectivity index (χ2n) is 9.30. The topological polar surface area (TPSA) is 107 Å². The molecule has 37 heavy (non-hydrogen) atoms. The van der Waals surface area contributed by atoms with E-state index in [9.17, 15) is 17.6 Å². The summed E-state index contributed by atoms with van der Waals surface area (Å²) in [5.74, 6) is -0.117. The number of methoxy groups -OCH3 is 1. The number of benzene rings is 2. The Hall–Kier alpha value is -3.08. The normalized spacial score (nSPS) is 18.9. The van der Waals surface area contributed by atoms with Crippen molar-refractivity contribution in [1.82, 2.24) is 15.0 Å². The Kier molecular flexibility index (Phi) is 8.73. The molecule has 8 nitrogen and oxygen atoms in total. The van der Waals surface area contributed by atoms with Gasteiger partial charge in [0.1, 0.15) is 12.4 Å². The first-order valence-electron chi connectivity index (χ1n) is 12.4. The van der Waals surface area contributed by atoms with E-state index in [-0.39, 0.29) is 34.6 Å². The number of nitrogens with zero attached hydrogens (tertiary/aromatic N) is 1. The van der Waals surface area contributed by atoms with Crippen molar-refractivity contribution in [2.24, 2.45) is 5.92 Å². The fourth-order valence-electron chi connectivity index (χ4n) is 4.49. The lowest BCUT2D eigenvalue weighted by atomic mass is 9.85. The zero-order valence-corrected chi connectivity index (χ0v) is 21.8. The van der Waals surface area contributed by atoms with E-state index in [1.165, 1.54) is 18.2 Å². The van der Waals surface area contributed by atoms with E-state index in [0.717, 1.165) is 5.56 Å². The number of nitrogens with one attached hydrogen (secondary N) is 2. The van der Waals surface area contributed by atoms with Gasteiger partial charge in [-0.25, -0.2) is 22.5 Å². The van der Waals surface area contributed by atoms with Crippen LogP contribution in [0.25, 0.3) is 10.9 Å². The van der Waals surface area contributed by atoms with Crippen molar-refractivity contribution in [3.63, 3.8) is 0 Å². The third kappa shape index (κ3) is 7.03. The second kappa shape index (κ2) is 12.0. The zero-order chi connectivity index (χ0) is 26.4. The first-order chi connectivity index (χ1) is 17.7. The molecule has 1 heterocycles. The number of carbonyl (C=O) groups excluding carboxylic acids is 1. The minimum Gasteiger partial charge on any atom is -0.475 e. The van der Waals surface area contributed by atoms with E-state index in [1.54, 1.807) is 43.5 Å². The minimum absolute atomic E-state index is 0.0641. The van der Waals surface area contributed by atoms with Gasteiger partial charge >= 0.3 is 0 Å². The van der Waals surface area contributed by atoms with Crippen LogP contribution in [0.3, 0.4) is 0 Å². The molecule has 1 aliphatic carbocycles. The third-order valence-electron chi connectivity index (χ3n) is 6.63. The van der Waals surface area contributed by atoms with Crippen LogP contribution in [-0.4, -0.2) is 45.7 Å². The Bertz CT molecular complexity index is 1330. The monoisotopic (exact) mass is 529 g/mol. The maximum atomic E-state index is 13.2. The van der Waals surface area contributed by atoms with Crippen molar-refractivity contribution < 1.29 is 27.1 Å². The number of pyridine rings is 1. The van der Waals surface area contributed by atoms with Crippen LogP contribution in [0.15, 0.2) is 59.5 Å². The molecule has 1 fully saturated rings. The molecular formula is C27H32FN3O5S. The van der Waals surface area contributed by atoms with Crippen LogP contribution < -0.4 is 14.8 Å². The summed E-state index contributed by atoms with van der Waals surface area (Å²) in [4.78, 5) is 17.3. The largest absolute Gasteiger partial charge is 0.475 e. The van der Waals surface area contributed by atoms with Gasteiger partial charge in [0.2, 0.25) is 21.8 Å². The Balaban J connectivity index is 1.31. The Morgan fingerprint density at radius 3 is 2.49 bits per heavy atom. The number of sulfonamides is 1. The lowest BCUT2D eigenvalue weighted by Crippen LogP contribution is -2.41. The SMILES string of the molecule is COCCOc1ccc2cc(S(=O)(=O)N[C@H]3CC[C@H](C(=O)N[C@H](C)c4ccc(F)cc4)CC3)ccc2n1. The molecule has 0 unspecified atom stereocenters. The molecule has 1 saturated carbocycles. The summed E-state index contributed by atoms with van der Waals surface area (Å²) in [6, 6.07) is 13.9. The van der Waals surface area contributed by atoms with Gasteiger partial charge in [0.05, 0.1) is 23.1 Å². The fraction of sp³-hybridized carbons (Fsp3) is 0.407. The lowest BCUT2D eigenvalue weighted by Gasteiger charge is -2.29. The van der Waals surface area contributed by atoms with Gasteiger partial charge < -0.3 is 14.8 Å². The number of carbonyl (C=O) groups is 1. The number of hydrogen-bond acceptors (Lipinski definition) is 6. The highest BCUT2D eigenvalue weighted by Gasteiger charge is 2.30. The van der Waals surface area contributed by atoms with E-state index in [1.807, 2.05) is 6.92 Å². The van der Waals surface area contributed by atoms with E-state index < -0.39 is 10.0 Å². The molecule has 1 amide bonds. The van der Waals surface area contributed by atoms with Gasteiger partial charge in [0.15, 0.2) is 0 Å². The Labute approximate surface area is 216 Å². The molecule has 0 aliphatic heterocycles. The molecule has 4 rings (SSSR count). The molecular weight excluding hydrogens is 497 g/mol. The minimum atomic E-state index is -3.73. The molecule has 2 aromatic carbocycles. The van der Waals surface area contributed by atoms with Crippen molar-refractivity contribution in [2.75, 3.05) is 20.3 Å². The summed E-state index contributed by atoms with van der Waals surface area (Å²) in [5.41, 5.74) is 1.46. The Morgan fingerprint density at radius 1 is 1.05 bits per heavy atom. The van der Waals surface area contributed by atoms with Gasteiger partial charge in [0.25, 0.3) is 0 Å². The van der Waals surface area contributed by atoms with E-state index in [2.05, 4.69) is 15.0 Å². The summed E-state index contributed by atoms with van der Waals surface area (Å²) in [6.07, 6.45) is 2.31. The standard InChI is InChI=1S/C27H32FN3O5S/c1-18(19-3-8-22(28)9-4-19)29-27(32)20-5-10-23(11-6-20)31-37(33,34)24-12-13-25-21(17-24)7-14-26(30-25)36-16-15-35-2/h3-4,7-9,12-14,17-18,20,23,31H,5-6,10-11,15-16H2,1-2H3,(H,29,32)/t18-,20-,23-/m1/s1. The average molecular weight is 530 g/mol. The summed E-state index contributed by atoms with van der Waals surface area (Å²) < 4.78 is 52.5. The molecule has 10 heteroatoms. The number of hydrogen-bond donors (Lipinski definition) is 2. The van der Waals surface area contributed by atoms with Gasteiger partial charge in [0, 0.05) is 30.5 Å². The highest BCUT2D eigenvalue weighted by atomic mass is 32.2. The smallest absolute Gasteiger partial charge is 0.240 e. The molecule has 0 spiro atoms. The Morgan fingerprint density at radius 2 is 1.78 bits per heavy atom. The molecule has 1 atom stereocenters. The molecule has 1 aromatic heterocycles. The molecule has 2 N–H and O–H groups in total. The van der Waals surface area contributed by atoms with Crippen LogP contribution in [0, 0.1) is 11.7 Å². The summed E-state index contributed by atoms with van der Waals surface area (Å²) in [6.45, 7) is 2.69. The second-order valence-corrected chi connectivity index (χ2v) is 11.0. The molecule has 1 aliphatic rings. The average Bonchev–Trinajstić information content (AvgIpc) is 2.89. The van der Waals surface area contributed by atoms with E-state index >= 15 is 0 Å². The van der Waals surface area contributed by atoms with Crippen molar-refractivity contribution in [3.8, 4) is 5.88 Å². The first kappa shape index (κ1) is 27.0. The molecule has 0 bridgehead atoms. The zero-order valence-electron chi connectivity index (χ0n) is 20.9. The number of amides is 1. The molecule has 0 radical (unpaired) electrons. The highest BCUT2D eigenvalue weighted by Crippen LogP contribution is 2.27. The lowest BCUT2D eigenvalue weighted by molar-refractivity contribution is -0.126. The fourth-order valence-corrected chi connectivity index (χ4v) is 5.83. The number of halogens is 1. The van der Waals surface area contributed by atoms with Crippen LogP contribution in [0.4, 0.5) is 4.39 Å². The van der Waals surface area contributed by atoms with Crippen LogP contribution in [0.5, 0.6) is 5.88 Å². The van der Waals surface area contributed by atoms with Gasteiger partial charge in [-0.1, -0.05) is 12.1 Å². The summed E-state index contributed by atoms with van der Waals surface area (Å²) in [7, 11) is -2.14.